The van der Waals surface area contributed by atoms with Gasteiger partial charge in [-0.15, -0.1) is 0 Å². The van der Waals surface area contributed by atoms with Crippen molar-refractivity contribution in [2.45, 2.75) is 66.4 Å². The number of dihydropyridines is 2. The van der Waals surface area contributed by atoms with E-state index in [4.69, 9.17) is 30.5 Å². The minimum atomic E-state index is -0.709. The third-order valence-electron chi connectivity index (χ3n) is 7.47. The maximum atomic E-state index is 12.6. The van der Waals surface area contributed by atoms with E-state index >= 15 is 0 Å². The Bertz CT molecular complexity index is 1690. The Balaban J connectivity index is 0.000000260. The number of hydrogen-bond donors (Lipinski definition) is 2. The van der Waals surface area contributed by atoms with Crippen molar-refractivity contribution in [3.8, 4) is 0 Å². The third-order valence-corrected chi connectivity index (χ3v) is 7.79. The number of methoxy groups -OCH3 is 2. The van der Waals surface area contributed by atoms with Crippen molar-refractivity contribution in [2.75, 3.05) is 20.8 Å². The van der Waals surface area contributed by atoms with Gasteiger partial charge in [-0.2, -0.15) is 0 Å². The average molecular weight is 681 g/mol. The SMILES string of the molecule is CCOC(=O)C1=C(C)NC(C)=C(C(=O)OC)C1c1cccnc1Cl.COC(=O)C1=C(C)NC(C)=C(C(=O)OC(C)C)C1c1ccccn1. The van der Waals surface area contributed by atoms with Gasteiger partial charge in [0.05, 0.1) is 66.8 Å². The average Bonchev–Trinajstić information content (AvgIpc) is 3.04. The van der Waals surface area contributed by atoms with E-state index in [0.717, 1.165) is 0 Å². The van der Waals surface area contributed by atoms with Crippen molar-refractivity contribution in [3.63, 3.8) is 0 Å². The van der Waals surface area contributed by atoms with Gasteiger partial charge in [-0.3, -0.25) is 4.98 Å². The molecule has 0 radical (unpaired) electrons. The van der Waals surface area contributed by atoms with Gasteiger partial charge in [0.2, 0.25) is 0 Å². The van der Waals surface area contributed by atoms with Crippen molar-refractivity contribution in [2.24, 2.45) is 0 Å². The molecule has 12 nitrogen and oxygen atoms in total. The van der Waals surface area contributed by atoms with E-state index in [-0.39, 0.29) is 17.9 Å². The number of rotatable bonds is 8. The Morgan fingerprint density at radius 2 is 1.23 bits per heavy atom. The van der Waals surface area contributed by atoms with Gasteiger partial charge in [0, 0.05) is 40.7 Å². The Labute approximate surface area is 285 Å². The summed E-state index contributed by atoms with van der Waals surface area (Å²) in [6, 6.07) is 8.80. The number of esters is 4. The largest absolute Gasteiger partial charge is 0.466 e. The summed E-state index contributed by atoms with van der Waals surface area (Å²) in [7, 11) is 2.61. The van der Waals surface area contributed by atoms with Crippen LogP contribution in [0.15, 0.2) is 87.8 Å². The summed E-state index contributed by atoms with van der Waals surface area (Å²) in [4.78, 5) is 58.2. The molecule has 2 aliphatic heterocycles. The highest BCUT2D eigenvalue weighted by atomic mass is 35.5. The Morgan fingerprint density at radius 3 is 1.69 bits per heavy atom. The zero-order valence-electron chi connectivity index (χ0n) is 28.5. The number of carbonyl (C=O) groups is 4. The summed E-state index contributed by atoms with van der Waals surface area (Å²) in [5, 5.41) is 6.34. The maximum Gasteiger partial charge on any atom is 0.337 e. The number of allylic oxidation sites excluding steroid dienone is 4. The van der Waals surface area contributed by atoms with E-state index in [0.29, 0.717) is 56.3 Å². The molecule has 2 atom stereocenters. The first-order chi connectivity index (χ1) is 22.8. The third kappa shape index (κ3) is 8.29. The van der Waals surface area contributed by atoms with Crippen LogP contribution in [0.25, 0.3) is 0 Å². The normalized spacial score (nSPS) is 17.6. The van der Waals surface area contributed by atoms with Gasteiger partial charge < -0.3 is 29.6 Å². The van der Waals surface area contributed by atoms with Crippen LogP contribution in [0.3, 0.4) is 0 Å². The fourth-order valence-electron chi connectivity index (χ4n) is 5.54. The second-order valence-corrected chi connectivity index (χ2v) is 11.4. The molecule has 2 N–H and O–H groups in total. The topological polar surface area (TPSA) is 155 Å². The number of nitrogens with zero attached hydrogens (tertiary/aromatic N) is 2. The van der Waals surface area contributed by atoms with Crippen LogP contribution in [0.1, 0.15) is 71.6 Å². The standard InChI is InChI=1S/C18H22N2O4.C17H19ClN2O4/c1-10(2)24-18(22)15-12(4)20-11(3)14(17(21)23-5)16(15)13-8-6-7-9-19-13;1-5-24-17(22)13-10(3)20-9(2)12(16(21)23-4)14(13)11-7-6-8-19-15(11)18/h6-10,16,20H,1-5H3;6-8,14,20H,5H2,1-4H3. The summed E-state index contributed by atoms with van der Waals surface area (Å²) in [6.07, 6.45) is 2.90. The molecule has 48 heavy (non-hydrogen) atoms. The second kappa shape index (κ2) is 16.7. The smallest absolute Gasteiger partial charge is 0.337 e. The van der Waals surface area contributed by atoms with Crippen LogP contribution >= 0.6 is 11.6 Å². The number of nitrogens with one attached hydrogen (secondary N) is 2. The van der Waals surface area contributed by atoms with Crippen LogP contribution in [0.5, 0.6) is 0 Å². The molecule has 0 spiro atoms. The summed E-state index contributed by atoms with van der Waals surface area (Å²) in [5.41, 5.74) is 4.96. The molecule has 0 bridgehead atoms. The van der Waals surface area contributed by atoms with Crippen LogP contribution in [-0.2, 0) is 38.1 Å². The number of aromatic nitrogens is 2. The minimum absolute atomic E-state index is 0.216. The molecule has 4 heterocycles. The van der Waals surface area contributed by atoms with Crippen molar-refractivity contribution < 1.29 is 38.1 Å². The van der Waals surface area contributed by atoms with Crippen LogP contribution < -0.4 is 10.6 Å². The van der Waals surface area contributed by atoms with E-state index in [1.165, 1.54) is 14.2 Å². The van der Waals surface area contributed by atoms with Gasteiger partial charge in [0.1, 0.15) is 5.15 Å². The second-order valence-electron chi connectivity index (χ2n) is 11.1. The molecule has 0 saturated heterocycles. The number of carbonyl (C=O) groups excluding carboxylic acids is 4. The molecule has 256 valence electrons. The van der Waals surface area contributed by atoms with Crippen LogP contribution in [0, 0.1) is 0 Å². The van der Waals surface area contributed by atoms with Crippen LogP contribution in [0.4, 0.5) is 0 Å². The minimum Gasteiger partial charge on any atom is -0.466 e. The quantitative estimate of drug-likeness (QED) is 0.215. The first-order valence-electron chi connectivity index (χ1n) is 15.2. The predicted molar refractivity (Wildman–Crippen MR) is 178 cm³/mol. The predicted octanol–water partition coefficient (Wildman–Crippen LogP) is 5.15. The lowest BCUT2D eigenvalue weighted by molar-refractivity contribution is -0.143. The first kappa shape index (κ1) is 37.5. The lowest BCUT2D eigenvalue weighted by Crippen LogP contribution is -2.33. The number of ether oxygens (including phenoxy) is 4. The highest BCUT2D eigenvalue weighted by molar-refractivity contribution is 6.30. The zero-order valence-corrected chi connectivity index (χ0v) is 29.3. The number of hydrogen-bond acceptors (Lipinski definition) is 12. The van der Waals surface area contributed by atoms with Gasteiger partial charge in [0.25, 0.3) is 0 Å². The molecule has 0 aliphatic carbocycles. The molecule has 2 aromatic rings. The van der Waals surface area contributed by atoms with E-state index in [1.54, 1.807) is 85.1 Å². The Morgan fingerprint density at radius 1 is 0.729 bits per heavy atom. The molecular weight excluding hydrogens is 640 g/mol. The fourth-order valence-corrected chi connectivity index (χ4v) is 5.77. The monoisotopic (exact) mass is 680 g/mol. The van der Waals surface area contributed by atoms with Gasteiger partial charge in [-0.1, -0.05) is 23.7 Å². The summed E-state index contributed by atoms with van der Waals surface area (Å²) in [6.45, 7) is 12.6. The molecule has 2 aromatic heterocycles. The zero-order chi connectivity index (χ0) is 35.7. The van der Waals surface area contributed by atoms with Crippen LogP contribution in [-0.4, -0.2) is 60.8 Å². The Hall–Kier alpha value is -4.97. The van der Waals surface area contributed by atoms with Gasteiger partial charge in [-0.25, -0.2) is 24.2 Å². The molecule has 0 amide bonds. The molecule has 2 aliphatic rings. The maximum absolute atomic E-state index is 12.6. The lowest BCUT2D eigenvalue weighted by Gasteiger charge is -2.30. The summed E-state index contributed by atoms with van der Waals surface area (Å²) in [5.74, 6) is -3.37. The summed E-state index contributed by atoms with van der Waals surface area (Å²) < 4.78 is 20.4. The molecule has 0 saturated carbocycles. The van der Waals surface area contributed by atoms with Crippen molar-refractivity contribution in [1.82, 2.24) is 20.6 Å². The number of halogens is 1. The molecule has 0 fully saturated rings. The molecule has 13 heteroatoms. The van der Waals surface area contributed by atoms with Crippen molar-refractivity contribution >= 4 is 35.5 Å². The molecule has 2 unspecified atom stereocenters. The van der Waals surface area contributed by atoms with E-state index in [2.05, 4.69) is 20.6 Å². The van der Waals surface area contributed by atoms with Gasteiger partial charge >= 0.3 is 23.9 Å². The van der Waals surface area contributed by atoms with Crippen molar-refractivity contribution in [3.05, 3.63) is 104 Å². The van der Waals surface area contributed by atoms with E-state index in [1.807, 2.05) is 6.07 Å². The van der Waals surface area contributed by atoms with Gasteiger partial charge in [-0.05, 0) is 66.7 Å². The first-order valence-corrected chi connectivity index (χ1v) is 15.6. The molecular formula is C35H41ClN4O8. The highest BCUT2D eigenvalue weighted by Crippen LogP contribution is 2.41. The van der Waals surface area contributed by atoms with Gasteiger partial charge in [0.15, 0.2) is 0 Å². The fraction of sp³-hybridized carbons (Fsp3) is 0.371. The lowest BCUT2D eigenvalue weighted by atomic mass is 9.81. The van der Waals surface area contributed by atoms with E-state index in [9.17, 15) is 19.2 Å². The molecule has 0 aromatic carbocycles. The van der Waals surface area contributed by atoms with E-state index < -0.39 is 35.7 Å². The molecule has 4 rings (SSSR count). The Kier molecular flexibility index (Phi) is 13.1. The number of pyridine rings is 2. The highest BCUT2D eigenvalue weighted by Gasteiger charge is 2.40. The van der Waals surface area contributed by atoms with Crippen molar-refractivity contribution in [1.29, 1.82) is 0 Å². The summed E-state index contributed by atoms with van der Waals surface area (Å²) >= 11 is 6.23. The van der Waals surface area contributed by atoms with Crippen LogP contribution in [0.2, 0.25) is 5.15 Å².